The quantitative estimate of drug-likeness (QED) is 0.849. The summed E-state index contributed by atoms with van der Waals surface area (Å²) in [5.74, 6) is -0.974. The SMILES string of the molecule is O=C(O)c1ccc2[nH]c(Br)nc2c1Br. The van der Waals surface area contributed by atoms with Gasteiger partial charge in [-0.25, -0.2) is 9.78 Å². The lowest BCUT2D eigenvalue weighted by Gasteiger charge is -1.98. The maximum atomic E-state index is 10.8. The van der Waals surface area contributed by atoms with E-state index in [1.54, 1.807) is 6.07 Å². The van der Waals surface area contributed by atoms with Gasteiger partial charge >= 0.3 is 5.97 Å². The average molecular weight is 320 g/mol. The molecular weight excluding hydrogens is 316 g/mol. The Morgan fingerprint density at radius 3 is 2.79 bits per heavy atom. The van der Waals surface area contributed by atoms with Crippen molar-refractivity contribution in [1.82, 2.24) is 9.97 Å². The van der Waals surface area contributed by atoms with Crippen molar-refractivity contribution in [3.05, 3.63) is 26.9 Å². The summed E-state index contributed by atoms with van der Waals surface area (Å²) >= 11 is 6.40. The fraction of sp³-hybridized carbons (Fsp3) is 0. The normalized spacial score (nSPS) is 10.7. The van der Waals surface area contributed by atoms with Crippen LogP contribution in [0.1, 0.15) is 10.4 Å². The molecule has 0 bridgehead atoms. The smallest absolute Gasteiger partial charge is 0.336 e. The van der Waals surface area contributed by atoms with E-state index in [0.29, 0.717) is 14.7 Å². The molecule has 0 unspecified atom stereocenters. The number of benzene rings is 1. The number of aromatic amines is 1. The van der Waals surface area contributed by atoms with Gasteiger partial charge in [0, 0.05) is 0 Å². The Morgan fingerprint density at radius 1 is 1.43 bits per heavy atom. The van der Waals surface area contributed by atoms with Gasteiger partial charge in [0.2, 0.25) is 0 Å². The molecule has 2 N–H and O–H groups in total. The van der Waals surface area contributed by atoms with Crippen LogP contribution in [-0.2, 0) is 0 Å². The summed E-state index contributed by atoms with van der Waals surface area (Å²) in [5, 5.41) is 8.85. The number of nitrogens with one attached hydrogen (secondary N) is 1. The van der Waals surface area contributed by atoms with Gasteiger partial charge in [-0.2, -0.15) is 0 Å². The number of H-pyrrole nitrogens is 1. The molecule has 0 aliphatic carbocycles. The third-order valence-electron chi connectivity index (χ3n) is 1.79. The van der Waals surface area contributed by atoms with Crippen molar-refractivity contribution in [3.8, 4) is 0 Å². The predicted molar refractivity (Wildman–Crippen MR) is 58.5 cm³/mol. The van der Waals surface area contributed by atoms with Gasteiger partial charge in [-0.05, 0) is 44.0 Å². The highest BCUT2D eigenvalue weighted by Crippen LogP contribution is 2.27. The maximum Gasteiger partial charge on any atom is 0.336 e. The van der Waals surface area contributed by atoms with Gasteiger partial charge < -0.3 is 10.1 Å². The zero-order valence-electron chi connectivity index (χ0n) is 6.71. The second kappa shape index (κ2) is 3.36. The van der Waals surface area contributed by atoms with Crippen LogP contribution in [0.25, 0.3) is 11.0 Å². The molecular formula is C8H4Br2N2O2. The molecule has 1 heterocycles. The molecule has 1 aromatic carbocycles. The molecule has 2 aromatic rings. The lowest BCUT2D eigenvalue weighted by molar-refractivity contribution is 0.0696. The van der Waals surface area contributed by atoms with Crippen molar-refractivity contribution in [3.63, 3.8) is 0 Å². The van der Waals surface area contributed by atoms with E-state index in [1.165, 1.54) is 6.07 Å². The molecule has 0 radical (unpaired) electrons. The molecule has 0 spiro atoms. The van der Waals surface area contributed by atoms with Crippen LogP contribution in [0.2, 0.25) is 0 Å². The standard InChI is InChI=1S/C8H4Br2N2O2/c9-5-3(7(13)14)1-2-4-6(5)12-8(10)11-4/h1-2H,(H,11,12)(H,13,14). The Morgan fingerprint density at radius 2 is 2.14 bits per heavy atom. The van der Waals surface area contributed by atoms with Crippen molar-refractivity contribution in [2.45, 2.75) is 0 Å². The third-order valence-corrected chi connectivity index (χ3v) is 2.97. The summed E-state index contributed by atoms with van der Waals surface area (Å²) in [4.78, 5) is 17.8. The average Bonchev–Trinajstić information content (AvgIpc) is 2.46. The van der Waals surface area contributed by atoms with Crippen LogP contribution in [0.5, 0.6) is 0 Å². The van der Waals surface area contributed by atoms with Crippen LogP contribution in [0, 0.1) is 0 Å². The Balaban J connectivity index is 2.80. The number of imidazole rings is 1. The fourth-order valence-electron chi connectivity index (χ4n) is 1.18. The number of aromatic carboxylic acids is 1. The summed E-state index contributed by atoms with van der Waals surface area (Å²) < 4.78 is 1.07. The molecule has 1 aromatic heterocycles. The highest BCUT2D eigenvalue weighted by atomic mass is 79.9. The van der Waals surface area contributed by atoms with Crippen LogP contribution >= 0.6 is 31.9 Å². The minimum absolute atomic E-state index is 0.205. The first-order chi connectivity index (χ1) is 6.59. The van der Waals surface area contributed by atoms with Crippen molar-refractivity contribution in [1.29, 1.82) is 0 Å². The number of carbonyl (C=O) groups is 1. The van der Waals surface area contributed by atoms with Crippen LogP contribution in [0.4, 0.5) is 0 Å². The maximum absolute atomic E-state index is 10.8. The number of aromatic nitrogens is 2. The lowest BCUT2D eigenvalue weighted by Crippen LogP contribution is -1.97. The number of hydrogen-bond donors (Lipinski definition) is 2. The number of carboxylic acids is 1. The van der Waals surface area contributed by atoms with Gasteiger partial charge in [0.1, 0.15) is 5.52 Å². The highest BCUT2D eigenvalue weighted by molar-refractivity contribution is 9.11. The second-order valence-electron chi connectivity index (χ2n) is 2.66. The Labute approximate surface area is 95.6 Å². The number of carboxylic acid groups (broad SMARTS) is 1. The number of halogens is 2. The van der Waals surface area contributed by atoms with Gasteiger partial charge in [-0.3, -0.25) is 0 Å². The predicted octanol–water partition coefficient (Wildman–Crippen LogP) is 2.79. The van der Waals surface area contributed by atoms with Gasteiger partial charge in [0.15, 0.2) is 4.73 Å². The van der Waals surface area contributed by atoms with Gasteiger partial charge in [0.25, 0.3) is 0 Å². The van der Waals surface area contributed by atoms with Gasteiger partial charge in [-0.1, -0.05) is 0 Å². The molecule has 0 aliphatic rings. The van der Waals surface area contributed by atoms with Crippen LogP contribution < -0.4 is 0 Å². The summed E-state index contributed by atoms with van der Waals surface area (Å²) in [6, 6.07) is 3.21. The van der Waals surface area contributed by atoms with E-state index >= 15 is 0 Å². The van der Waals surface area contributed by atoms with Crippen molar-refractivity contribution in [2.75, 3.05) is 0 Å². The van der Waals surface area contributed by atoms with Crippen LogP contribution in [0.15, 0.2) is 21.3 Å². The topological polar surface area (TPSA) is 66.0 Å². The van der Waals surface area contributed by atoms with Crippen molar-refractivity contribution in [2.24, 2.45) is 0 Å². The number of nitrogens with zero attached hydrogens (tertiary/aromatic N) is 1. The first kappa shape index (κ1) is 9.67. The van der Waals surface area contributed by atoms with Crippen LogP contribution in [0.3, 0.4) is 0 Å². The van der Waals surface area contributed by atoms with Crippen molar-refractivity contribution >= 4 is 48.9 Å². The van der Waals surface area contributed by atoms with E-state index in [4.69, 9.17) is 5.11 Å². The molecule has 72 valence electrons. The number of hydrogen-bond acceptors (Lipinski definition) is 2. The minimum atomic E-state index is -0.974. The minimum Gasteiger partial charge on any atom is -0.478 e. The molecule has 0 saturated carbocycles. The Kier molecular flexibility index (Phi) is 2.32. The first-order valence-electron chi connectivity index (χ1n) is 3.66. The third kappa shape index (κ3) is 1.44. The summed E-state index contributed by atoms with van der Waals surface area (Å²) in [6.07, 6.45) is 0. The van der Waals surface area contributed by atoms with Crippen LogP contribution in [-0.4, -0.2) is 21.0 Å². The van der Waals surface area contributed by atoms with Crippen molar-refractivity contribution < 1.29 is 9.90 Å². The highest BCUT2D eigenvalue weighted by Gasteiger charge is 2.13. The van der Waals surface area contributed by atoms with Gasteiger partial charge in [-0.15, -0.1) is 0 Å². The zero-order chi connectivity index (χ0) is 10.3. The molecule has 14 heavy (non-hydrogen) atoms. The molecule has 0 aliphatic heterocycles. The number of rotatable bonds is 1. The van der Waals surface area contributed by atoms with E-state index < -0.39 is 5.97 Å². The fourth-order valence-corrected chi connectivity index (χ4v) is 2.17. The summed E-state index contributed by atoms with van der Waals surface area (Å²) in [5.41, 5.74) is 1.60. The van der Waals surface area contributed by atoms with Gasteiger partial charge in [0.05, 0.1) is 15.6 Å². The molecule has 2 rings (SSSR count). The monoisotopic (exact) mass is 318 g/mol. The van der Waals surface area contributed by atoms with E-state index in [2.05, 4.69) is 41.8 Å². The zero-order valence-corrected chi connectivity index (χ0v) is 9.89. The van der Waals surface area contributed by atoms with E-state index in [0.717, 1.165) is 5.52 Å². The molecule has 0 atom stereocenters. The first-order valence-corrected chi connectivity index (χ1v) is 5.25. The van der Waals surface area contributed by atoms with E-state index in [1.807, 2.05) is 0 Å². The van der Waals surface area contributed by atoms with E-state index in [-0.39, 0.29) is 5.56 Å². The Hall–Kier alpha value is -0.880. The molecule has 6 heteroatoms. The summed E-state index contributed by atoms with van der Waals surface area (Å²) in [6.45, 7) is 0. The molecule has 0 amide bonds. The largest absolute Gasteiger partial charge is 0.478 e. The second-order valence-corrected chi connectivity index (χ2v) is 4.20. The number of fused-ring (bicyclic) bond motifs is 1. The Bertz CT molecular complexity index is 521. The summed E-state index contributed by atoms with van der Waals surface area (Å²) in [7, 11) is 0. The molecule has 4 nitrogen and oxygen atoms in total. The molecule has 0 saturated heterocycles. The lowest BCUT2D eigenvalue weighted by atomic mass is 10.2. The van der Waals surface area contributed by atoms with E-state index in [9.17, 15) is 4.79 Å². The molecule has 0 fully saturated rings.